The van der Waals surface area contributed by atoms with Crippen molar-refractivity contribution in [3.8, 4) is 0 Å². The van der Waals surface area contributed by atoms with Gasteiger partial charge in [0.2, 0.25) is 0 Å². The van der Waals surface area contributed by atoms with Crippen molar-refractivity contribution in [1.29, 1.82) is 0 Å². The van der Waals surface area contributed by atoms with Gasteiger partial charge in [-0.1, -0.05) is 0 Å². The zero-order valence-electron chi connectivity index (χ0n) is 12.2. The van der Waals surface area contributed by atoms with Gasteiger partial charge in [0.15, 0.2) is 0 Å². The van der Waals surface area contributed by atoms with E-state index >= 15 is 0 Å². The lowest BCUT2D eigenvalue weighted by atomic mass is 9.78. The molecule has 2 aliphatic carbocycles. The number of hydrogen-bond donors (Lipinski definition) is 0. The van der Waals surface area contributed by atoms with E-state index in [-0.39, 0.29) is 5.92 Å². The Morgan fingerprint density at radius 2 is 2.04 bits per heavy atom. The van der Waals surface area contributed by atoms with E-state index in [0.717, 1.165) is 0 Å². The van der Waals surface area contributed by atoms with E-state index in [1.165, 1.54) is 6.92 Å². The van der Waals surface area contributed by atoms with Crippen LogP contribution in [0, 0.1) is 23.7 Å². The number of carbonyl (C=O) groups is 3. The highest BCUT2D eigenvalue weighted by Crippen LogP contribution is 2.58. The third-order valence-electron chi connectivity index (χ3n) is 4.70. The van der Waals surface area contributed by atoms with E-state index < -0.39 is 70.3 Å². The Bertz CT molecular complexity index is 654. The standard InChI is InChI=1S/C13H16O9S/c1-5(14)21-10-6-4-7-9(13(16)22-11(7)10)8(6)12(15)20-2-3-23(17,18)19/h6-11H,2-4H2,1H3,(H,17,18,19)/p-1. The summed E-state index contributed by atoms with van der Waals surface area (Å²) in [5, 5.41) is 0. The second-order valence-corrected chi connectivity index (χ2v) is 7.54. The summed E-state index contributed by atoms with van der Waals surface area (Å²) in [5.74, 6) is -4.77. The minimum atomic E-state index is -4.49. The lowest BCUT2D eigenvalue weighted by Crippen LogP contribution is -2.43. The van der Waals surface area contributed by atoms with Crippen LogP contribution in [-0.4, -0.2) is 55.4 Å². The van der Waals surface area contributed by atoms with Crippen LogP contribution >= 0.6 is 0 Å². The van der Waals surface area contributed by atoms with Gasteiger partial charge in [-0.25, -0.2) is 8.42 Å². The number of carbonyl (C=O) groups excluding carboxylic acids is 3. The second-order valence-electron chi connectivity index (χ2n) is 6.02. The molecule has 6 atom stereocenters. The van der Waals surface area contributed by atoms with Gasteiger partial charge in [0, 0.05) is 18.8 Å². The van der Waals surface area contributed by atoms with Gasteiger partial charge in [-0.15, -0.1) is 0 Å². The number of ether oxygens (including phenoxy) is 3. The Labute approximate surface area is 132 Å². The van der Waals surface area contributed by atoms with Crippen LogP contribution in [0.2, 0.25) is 0 Å². The van der Waals surface area contributed by atoms with Crippen LogP contribution in [0.1, 0.15) is 13.3 Å². The topological polar surface area (TPSA) is 136 Å². The molecule has 1 heterocycles. The Morgan fingerprint density at radius 3 is 2.65 bits per heavy atom. The molecule has 0 aromatic heterocycles. The summed E-state index contributed by atoms with van der Waals surface area (Å²) in [6.07, 6.45) is -0.730. The van der Waals surface area contributed by atoms with Crippen molar-refractivity contribution >= 4 is 28.0 Å². The van der Waals surface area contributed by atoms with E-state index in [9.17, 15) is 27.4 Å². The molecule has 0 radical (unpaired) electrons. The summed E-state index contributed by atoms with van der Waals surface area (Å²) < 4.78 is 46.9. The molecule has 0 aromatic carbocycles. The predicted octanol–water partition coefficient (Wildman–Crippen LogP) is -1.19. The molecule has 0 aromatic rings. The summed E-state index contributed by atoms with van der Waals surface area (Å²) in [6.45, 7) is 0.661. The van der Waals surface area contributed by atoms with Gasteiger partial charge in [0.1, 0.15) is 18.8 Å². The fraction of sp³-hybridized carbons (Fsp3) is 0.769. The molecule has 9 nitrogen and oxygen atoms in total. The van der Waals surface area contributed by atoms with Gasteiger partial charge in [0.05, 0.1) is 27.7 Å². The summed E-state index contributed by atoms with van der Waals surface area (Å²) in [5.41, 5.74) is 0. The van der Waals surface area contributed by atoms with E-state index in [1.807, 2.05) is 0 Å². The first-order valence-electron chi connectivity index (χ1n) is 7.17. The average molecular weight is 347 g/mol. The molecule has 6 unspecified atom stereocenters. The van der Waals surface area contributed by atoms with Crippen LogP contribution in [-0.2, 0) is 38.7 Å². The largest absolute Gasteiger partial charge is 0.748 e. The molecule has 2 bridgehead atoms. The van der Waals surface area contributed by atoms with Crippen molar-refractivity contribution in [2.75, 3.05) is 12.4 Å². The number of fused-ring (bicyclic) bond motifs is 1. The smallest absolute Gasteiger partial charge is 0.310 e. The lowest BCUT2D eigenvalue weighted by molar-refractivity contribution is -0.163. The molecular formula is C13H15O9S-. The molecule has 3 rings (SSSR count). The minimum Gasteiger partial charge on any atom is -0.748 e. The van der Waals surface area contributed by atoms with Gasteiger partial charge in [-0.05, 0) is 6.42 Å². The molecule has 23 heavy (non-hydrogen) atoms. The van der Waals surface area contributed by atoms with Crippen LogP contribution in [0.25, 0.3) is 0 Å². The molecule has 128 valence electrons. The van der Waals surface area contributed by atoms with Crippen LogP contribution in [0.15, 0.2) is 0 Å². The number of hydrogen-bond acceptors (Lipinski definition) is 9. The molecular weight excluding hydrogens is 332 g/mol. The van der Waals surface area contributed by atoms with E-state index in [2.05, 4.69) is 0 Å². The van der Waals surface area contributed by atoms with Crippen LogP contribution in [0.5, 0.6) is 0 Å². The Morgan fingerprint density at radius 1 is 1.35 bits per heavy atom. The summed E-state index contributed by atoms with van der Waals surface area (Å²) in [7, 11) is -4.49. The van der Waals surface area contributed by atoms with E-state index in [4.69, 9.17) is 14.2 Å². The molecule has 0 N–H and O–H groups in total. The maximum atomic E-state index is 12.2. The molecule has 3 fully saturated rings. The van der Waals surface area contributed by atoms with Gasteiger partial charge in [0.25, 0.3) is 0 Å². The first-order chi connectivity index (χ1) is 10.7. The maximum Gasteiger partial charge on any atom is 0.310 e. The molecule has 0 spiro atoms. The minimum absolute atomic E-state index is 0.211. The third kappa shape index (κ3) is 2.80. The van der Waals surface area contributed by atoms with Gasteiger partial charge < -0.3 is 18.8 Å². The van der Waals surface area contributed by atoms with Crippen molar-refractivity contribution < 1.29 is 41.6 Å². The zero-order valence-corrected chi connectivity index (χ0v) is 13.0. The average Bonchev–Trinajstić information content (AvgIpc) is 2.99. The molecule has 3 aliphatic rings. The fourth-order valence-corrected chi connectivity index (χ4v) is 4.29. The highest BCUT2D eigenvalue weighted by Gasteiger charge is 2.70. The summed E-state index contributed by atoms with van der Waals surface area (Å²) in [6, 6.07) is 0. The molecule has 0 amide bonds. The summed E-state index contributed by atoms with van der Waals surface area (Å²) in [4.78, 5) is 35.4. The molecule has 10 heteroatoms. The maximum absolute atomic E-state index is 12.2. The van der Waals surface area contributed by atoms with E-state index in [0.29, 0.717) is 6.42 Å². The second kappa shape index (κ2) is 5.45. The molecule has 1 saturated heterocycles. The zero-order chi connectivity index (χ0) is 16.9. The molecule has 2 saturated carbocycles. The Hall–Kier alpha value is -1.68. The quantitative estimate of drug-likeness (QED) is 0.341. The SMILES string of the molecule is CC(=O)OC1C2CC3C1OC(=O)C3C2C(=O)OCCS(=O)(=O)[O-]. The van der Waals surface area contributed by atoms with Crippen molar-refractivity contribution in [3.63, 3.8) is 0 Å². The third-order valence-corrected chi connectivity index (χ3v) is 5.36. The number of rotatable bonds is 5. The van der Waals surface area contributed by atoms with Gasteiger partial charge in [-0.3, -0.25) is 14.4 Å². The van der Waals surface area contributed by atoms with Crippen molar-refractivity contribution in [3.05, 3.63) is 0 Å². The first-order valence-corrected chi connectivity index (χ1v) is 8.74. The first kappa shape index (κ1) is 16.2. The monoisotopic (exact) mass is 347 g/mol. The number of esters is 3. The predicted molar refractivity (Wildman–Crippen MR) is 69.5 cm³/mol. The lowest BCUT2D eigenvalue weighted by Gasteiger charge is -2.29. The van der Waals surface area contributed by atoms with E-state index in [1.54, 1.807) is 0 Å². The highest BCUT2D eigenvalue weighted by atomic mass is 32.2. The van der Waals surface area contributed by atoms with Crippen molar-refractivity contribution in [1.82, 2.24) is 0 Å². The highest BCUT2D eigenvalue weighted by molar-refractivity contribution is 7.85. The van der Waals surface area contributed by atoms with Gasteiger partial charge in [-0.2, -0.15) is 0 Å². The normalized spacial score (nSPS) is 37.6. The van der Waals surface area contributed by atoms with Crippen molar-refractivity contribution in [2.45, 2.75) is 25.6 Å². The van der Waals surface area contributed by atoms with Crippen molar-refractivity contribution in [2.24, 2.45) is 23.7 Å². The van der Waals surface area contributed by atoms with Crippen LogP contribution in [0.3, 0.4) is 0 Å². The van der Waals surface area contributed by atoms with Gasteiger partial charge >= 0.3 is 17.9 Å². The molecule has 1 aliphatic heterocycles. The van der Waals surface area contributed by atoms with Crippen LogP contribution in [0.4, 0.5) is 0 Å². The fourth-order valence-electron chi connectivity index (χ4n) is 4.00. The Kier molecular flexibility index (Phi) is 3.83. The summed E-state index contributed by atoms with van der Waals surface area (Å²) >= 11 is 0. The Balaban J connectivity index is 1.73. The van der Waals surface area contributed by atoms with Crippen LogP contribution < -0.4 is 0 Å².